The number of esters is 1. The molecule has 3 aromatic carbocycles. The molecular weight excluding hydrogens is 508 g/mol. The van der Waals surface area contributed by atoms with Crippen LogP contribution in [0.3, 0.4) is 0 Å². The highest BCUT2D eigenvalue weighted by molar-refractivity contribution is 9.10. The molecule has 0 radical (unpaired) electrons. The molecular formula is C23H15BrN4O6. The Kier molecular flexibility index (Phi) is 8.04. The highest BCUT2D eigenvalue weighted by atomic mass is 79.9. The summed E-state index contributed by atoms with van der Waals surface area (Å²) in [5.74, 6) is -0.725. The van der Waals surface area contributed by atoms with E-state index in [1.165, 1.54) is 36.5 Å². The molecule has 1 N–H and O–H groups in total. The van der Waals surface area contributed by atoms with E-state index in [1.54, 1.807) is 36.4 Å². The van der Waals surface area contributed by atoms with Crippen LogP contribution in [0.2, 0.25) is 0 Å². The number of carbonyl (C=O) groups is 2. The number of halogens is 1. The van der Waals surface area contributed by atoms with Gasteiger partial charge in [0.2, 0.25) is 0 Å². The topological polar surface area (TPSA) is 144 Å². The van der Waals surface area contributed by atoms with Gasteiger partial charge in [-0.3, -0.25) is 14.9 Å². The normalized spacial score (nSPS) is 10.4. The number of hydrazone groups is 1. The maximum atomic E-state index is 12.2. The Hall–Kier alpha value is -4.56. The van der Waals surface area contributed by atoms with Crippen molar-refractivity contribution in [2.45, 2.75) is 0 Å². The zero-order valence-electron chi connectivity index (χ0n) is 17.3. The number of nitro benzene ring substituents is 1. The second-order valence-corrected chi connectivity index (χ2v) is 7.52. The molecule has 3 aromatic rings. The summed E-state index contributed by atoms with van der Waals surface area (Å²) in [6.07, 6.45) is 1.35. The van der Waals surface area contributed by atoms with E-state index >= 15 is 0 Å². The third-order valence-electron chi connectivity index (χ3n) is 4.21. The highest BCUT2D eigenvalue weighted by Gasteiger charge is 2.12. The number of carbonyl (C=O) groups excluding carboxylic acids is 2. The van der Waals surface area contributed by atoms with Gasteiger partial charge in [-0.1, -0.05) is 28.1 Å². The third kappa shape index (κ3) is 6.72. The van der Waals surface area contributed by atoms with Gasteiger partial charge in [-0.15, -0.1) is 0 Å². The van der Waals surface area contributed by atoms with Crippen LogP contribution < -0.4 is 14.9 Å². The maximum Gasteiger partial charge on any atom is 0.343 e. The number of hydrogen-bond acceptors (Lipinski definition) is 8. The van der Waals surface area contributed by atoms with Gasteiger partial charge in [0.05, 0.1) is 22.3 Å². The fourth-order valence-corrected chi connectivity index (χ4v) is 2.97. The first kappa shape index (κ1) is 24.1. The van der Waals surface area contributed by atoms with Crippen LogP contribution in [-0.2, 0) is 4.79 Å². The van der Waals surface area contributed by atoms with Gasteiger partial charge in [-0.05, 0) is 48.0 Å². The summed E-state index contributed by atoms with van der Waals surface area (Å²) in [6, 6.07) is 18.2. The molecule has 10 nitrogen and oxygen atoms in total. The minimum Gasteiger partial charge on any atom is -0.482 e. The van der Waals surface area contributed by atoms with Gasteiger partial charge in [0.25, 0.3) is 11.6 Å². The molecule has 0 saturated heterocycles. The number of ether oxygens (including phenoxy) is 2. The van der Waals surface area contributed by atoms with E-state index in [1.807, 2.05) is 6.07 Å². The molecule has 0 aliphatic carbocycles. The number of nitro groups is 1. The van der Waals surface area contributed by atoms with Crippen LogP contribution in [0.1, 0.15) is 21.5 Å². The predicted molar refractivity (Wildman–Crippen MR) is 125 cm³/mol. The number of rotatable bonds is 8. The van der Waals surface area contributed by atoms with Crippen molar-refractivity contribution in [3.05, 3.63) is 98.0 Å². The monoisotopic (exact) mass is 522 g/mol. The van der Waals surface area contributed by atoms with E-state index in [-0.39, 0.29) is 34.9 Å². The first-order valence-corrected chi connectivity index (χ1v) is 10.4. The van der Waals surface area contributed by atoms with E-state index in [4.69, 9.17) is 14.7 Å². The first-order chi connectivity index (χ1) is 16.4. The molecule has 0 aliphatic heterocycles. The molecule has 0 unspecified atom stereocenters. The van der Waals surface area contributed by atoms with Crippen LogP contribution in [0.15, 0.2) is 76.3 Å². The Bertz CT molecular complexity index is 1300. The molecule has 0 saturated carbocycles. The molecule has 170 valence electrons. The summed E-state index contributed by atoms with van der Waals surface area (Å²) in [5, 5.41) is 23.7. The predicted octanol–water partition coefficient (Wildman–Crippen LogP) is 3.98. The van der Waals surface area contributed by atoms with Crippen LogP contribution in [0, 0.1) is 21.4 Å². The lowest BCUT2D eigenvalue weighted by atomic mass is 10.2. The lowest BCUT2D eigenvalue weighted by molar-refractivity contribution is -0.384. The van der Waals surface area contributed by atoms with Crippen molar-refractivity contribution in [1.82, 2.24) is 5.43 Å². The van der Waals surface area contributed by atoms with Crippen molar-refractivity contribution in [3.8, 4) is 17.6 Å². The summed E-state index contributed by atoms with van der Waals surface area (Å²) >= 11 is 3.26. The largest absolute Gasteiger partial charge is 0.482 e. The molecule has 0 fully saturated rings. The minimum atomic E-state index is -0.681. The molecule has 0 bridgehead atoms. The summed E-state index contributed by atoms with van der Waals surface area (Å²) in [4.78, 5) is 34.3. The average molecular weight is 523 g/mol. The lowest BCUT2D eigenvalue weighted by Crippen LogP contribution is -2.24. The first-order valence-electron chi connectivity index (χ1n) is 9.57. The van der Waals surface area contributed by atoms with Gasteiger partial charge in [0.1, 0.15) is 17.6 Å². The number of nitriles is 1. The molecule has 0 atom stereocenters. The zero-order valence-corrected chi connectivity index (χ0v) is 18.9. The quantitative estimate of drug-likeness (QED) is 0.155. The maximum absolute atomic E-state index is 12.2. The molecule has 0 spiro atoms. The Balaban J connectivity index is 1.54. The SMILES string of the molecule is N#Cc1cc(Br)ccc1OCC(=O)NN=Cc1cccc(OC(=O)c2ccc([N+](=O)[O-])cc2)c1. The van der Waals surface area contributed by atoms with Crippen molar-refractivity contribution in [1.29, 1.82) is 5.26 Å². The number of nitrogens with one attached hydrogen (secondary N) is 1. The molecule has 34 heavy (non-hydrogen) atoms. The lowest BCUT2D eigenvalue weighted by Gasteiger charge is -2.07. The summed E-state index contributed by atoms with van der Waals surface area (Å²) in [7, 11) is 0. The molecule has 11 heteroatoms. The molecule has 3 rings (SSSR count). The Labute approximate surface area is 201 Å². The van der Waals surface area contributed by atoms with Gasteiger partial charge >= 0.3 is 5.97 Å². The van der Waals surface area contributed by atoms with Gasteiger partial charge in [-0.2, -0.15) is 10.4 Å². The summed E-state index contributed by atoms with van der Waals surface area (Å²) in [5.41, 5.74) is 3.14. The van der Waals surface area contributed by atoms with E-state index in [2.05, 4.69) is 26.5 Å². The summed E-state index contributed by atoms with van der Waals surface area (Å²) in [6.45, 7) is -0.347. The van der Waals surface area contributed by atoms with Crippen LogP contribution >= 0.6 is 15.9 Å². The fraction of sp³-hybridized carbons (Fsp3) is 0.0435. The molecule has 1 amide bonds. The molecule has 0 aromatic heterocycles. The highest BCUT2D eigenvalue weighted by Crippen LogP contribution is 2.22. The van der Waals surface area contributed by atoms with E-state index in [0.29, 0.717) is 10.0 Å². The van der Waals surface area contributed by atoms with E-state index in [9.17, 15) is 19.7 Å². The van der Waals surface area contributed by atoms with Crippen molar-refractivity contribution in [2.75, 3.05) is 6.61 Å². The van der Waals surface area contributed by atoms with Gasteiger partial charge in [0.15, 0.2) is 6.61 Å². The van der Waals surface area contributed by atoms with Gasteiger partial charge < -0.3 is 9.47 Å². The minimum absolute atomic E-state index is 0.135. The Morgan fingerprint density at radius 1 is 1.15 bits per heavy atom. The second kappa shape index (κ2) is 11.3. The summed E-state index contributed by atoms with van der Waals surface area (Å²) < 4.78 is 11.3. The fourth-order valence-electron chi connectivity index (χ4n) is 2.61. The number of benzene rings is 3. The number of hydrogen-bond donors (Lipinski definition) is 1. The molecule has 0 heterocycles. The smallest absolute Gasteiger partial charge is 0.343 e. The van der Waals surface area contributed by atoms with Crippen LogP contribution in [0.4, 0.5) is 5.69 Å². The average Bonchev–Trinajstić information content (AvgIpc) is 2.83. The van der Waals surface area contributed by atoms with E-state index in [0.717, 1.165) is 0 Å². The third-order valence-corrected chi connectivity index (χ3v) is 4.70. The van der Waals surface area contributed by atoms with Crippen LogP contribution in [0.5, 0.6) is 11.5 Å². The Morgan fingerprint density at radius 3 is 2.62 bits per heavy atom. The zero-order chi connectivity index (χ0) is 24.5. The van der Waals surface area contributed by atoms with Crippen LogP contribution in [-0.4, -0.2) is 29.6 Å². The van der Waals surface area contributed by atoms with Crippen molar-refractivity contribution < 1.29 is 24.0 Å². The van der Waals surface area contributed by atoms with Gasteiger partial charge in [0, 0.05) is 16.6 Å². The standard InChI is InChI=1S/C23H15BrN4O6/c24-18-6-9-21(17(11-18)12-25)33-14-22(29)27-26-13-15-2-1-3-20(10-15)34-23(30)16-4-7-19(8-5-16)28(31)32/h1-11,13H,14H2,(H,27,29). The van der Waals surface area contributed by atoms with Crippen molar-refractivity contribution in [3.63, 3.8) is 0 Å². The number of nitrogens with zero attached hydrogens (tertiary/aromatic N) is 3. The van der Waals surface area contributed by atoms with Crippen LogP contribution in [0.25, 0.3) is 0 Å². The number of non-ortho nitro benzene ring substituents is 1. The number of amides is 1. The second-order valence-electron chi connectivity index (χ2n) is 6.60. The van der Waals surface area contributed by atoms with Crippen molar-refractivity contribution >= 4 is 39.7 Å². The Morgan fingerprint density at radius 2 is 1.91 bits per heavy atom. The molecule has 0 aliphatic rings. The van der Waals surface area contributed by atoms with Gasteiger partial charge in [-0.25, -0.2) is 10.2 Å². The van der Waals surface area contributed by atoms with Crippen molar-refractivity contribution in [2.24, 2.45) is 5.10 Å². The van der Waals surface area contributed by atoms with E-state index < -0.39 is 16.8 Å².